The highest BCUT2D eigenvalue weighted by molar-refractivity contribution is 5.97. The first-order chi connectivity index (χ1) is 8.58. The third-order valence-corrected chi connectivity index (χ3v) is 3.86. The molecule has 0 bridgehead atoms. The number of ketones is 1. The quantitative estimate of drug-likeness (QED) is 0.756. The number of benzene rings is 1. The van der Waals surface area contributed by atoms with Gasteiger partial charge in [-0.25, -0.2) is 0 Å². The Morgan fingerprint density at radius 1 is 1.22 bits per heavy atom. The minimum Gasteiger partial charge on any atom is -0.378 e. The molecule has 2 rings (SSSR count). The molecule has 0 radical (unpaired) electrons. The van der Waals surface area contributed by atoms with E-state index in [1.54, 1.807) is 0 Å². The lowest BCUT2D eigenvalue weighted by Crippen LogP contribution is -2.10. The molecule has 0 aliphatic carbocycles. The predicted molar refractivity (Wildman–Crippen MR) is 73.2 cm³/mol. The molecule has 1 fully saturated rings. The van der Waals surface area contributed by atoms with Crippen molar-refractivity contribution in [2.24, 2.45) is 0 Å². The Morgan fingerprint density at radius 2 is 1.94 bits per heavy atom. The maximum Gasteiger partial charge on any atom is 0.163 e. The van der Waals surface area contributed by atoms with E-state index >= 15 is 0 Å². The van der Waals surface area contributed by atoms with Crippen LogP contribution in [0.15, 0.2) is 12.1 Å². The van der Waals surface area contributed by atoms with E-state index in [9.17, 15) is 4.79 Å². The topological polar surface area (TPSA) is 26.3 Å². The molecular formula is C16H22O2. The SMILES string of the molecule is Cc1cc(C)c(C(=O)CCC2CCCO2)cc1C. The van der Waals surface area contributed by atoms with E-state index in [1.807, 2.05) is 13.0 Å². The van der Waals surface area contributed by atoms with Crippen molar-refractivity contribution in [3.63, 3.8) is 0 Å². The second kappa shape index (κ2) is 5.66. The van der Waals surface area contributed by atoms with E-state index in [1.165, 1.54) is 11.1 Å². The van der Waals surface area contributed by atoms with Crippen LogP contribution in [-0.2, 0) is 4.74 Å². The highest BCUT2D eigenvalue weighted by atomic mass is 16.5. The summed E-state index contributed by atoms with van der Waals surface area (Å²) in [6, 6.07) is 4.14. The van der Waals surface area contributed by atoms with Gasteiger partial charge in [0, 0.05) is 18.6 Å². The number of carbonyl (C=O) groups excluding carboxylic acids is 1. The van der Waals surface area contributed by atoms with Gasteiger partial charge in [0.15, 0.2) is 5.78 Å². The molecular weight excluding hydrogens is 224 g/mol. The Hall–Kier alpha value is -1.15. The van der Waals surface area contributed by atoms with Crippen LogP contribution in [0.2, 0.25) is 0 Å². The molecule has 1 atom stereocenters. The summed E-state index contributed by atoms with van der Waals surface area (Å²) in [5, 5.41) is 0. The molecule has 18 heavy (non-hydrogen) atoms. The number of hydrogen-bond donors (Lipinski definition) is 0. The van der Waals surface area contributed by atoms with Crippen molar-refractivity contribution in [2.45, 2.75) is 52.6 Å². The van der Waals surface area contributed by atoms with Gasteiger partial charge in [0.25, 0.3) is 0 Å². The van der Waals surface area contributed by atoms with Crippen LogP contribution in [0.4, 0.5) is 0 Å². The standard InChI is InChI=1S/C16H22O2/c1-11-9-13(3)15(10-12(11)2)16(17)7-6-14-5-4-8-18-14/h9-10,14H,4-8H2,1-3H3. The Kier molecular flexibility index (Phi) is 4.18. The van der Waals surface area contributed by atoms with E-state index in [4.69, 9.17) is 4.74 Å². The lowest BCUT2D eigenvalue weighted by Gasteiger charge is -2.11. The van der Waals surface area contributed by atoms with Crippen LogP contribution < -0.4 is 0 Å². The first-order valence-corrected chi connectivity index (χ1v) is 6.80. The van der Waals surface area contributed by atoms with Crippen molar-refractivity contribution in [3.8, 4) is 0 Å². The molecule has 2 nitrogen and oxygen atoms in total. The molecule has 0 saturated carbocycles. The molecule has 1 aromatic rings. The number of rotatable bonds is 4. The second-order valence-electron chi connectivity index (χ2n) is 5.35. The summed E-state index contributed by atoms with van der Waals surface area (Å²) in [7, 11) is 0. The minimum atomic E-state index is 0.256. The van der Waals surface area contributed by atoms with Crippen LogP contribution in [0.5, 0.6) is 0 Å². The maximum atomic E-state index is 12.2. The molecule has 2 heteroatoms. The van der Waals surface area contributed by atoms with Crippen LogP contribution in [0.25, 0.3) is 0 Å². The largest absolute Gasteiger partial charge is 0.378 e. The van der Waals surface area contributed by atoms with Crippen molar-refractivity contribution >= 4 is 5.78 Å². The first kappa shape index (κ1) is 13.3. The predicted octanol–water partition coefficient (Wildman–Crippen LogP) is 3.75. The fraction of sp³-hybridized carbons (Fsp3) is 0.562. The van der Waals surface area contributed by atoms with E-state index in [0.717, 1.165) is 37.0 Å². The fourth-order valence-corrected chi connectivity index (χ4v) is 2.56. The Morgan fingerprint density at radius 3 is 2.61 bits per heavy atom. The number of hydrogen-bond acceptors (Lipinski definition) is 2. The number of Topliss-reactive ketones (excluding diaryl/α,β-unsaturated/α-hetero) is 1. The van der Waals surface area contributed by atoms with Crippen LogP contribution in [0.1, 0.15) is 52.7 Å². The van der Waals surface area contributed by atoms with E-state index < -0.39 is 0 Å². The third kappa shape index (κ3) is 2.99. The smallest absolute Gasteiger partial charge is 0.163 e. The van der Waals surface area contributed by atoms with Gasteiger partial charge < -0.3 is 4.74 Å². The summed E-state index contributed by atoms with van der Waals surface area (Å²) in [6.07, 6.45) is 4.03. The van der Waals surface area contributed by atoms with Crippen LogP contribution in [0.3, 0.4) is 0 Å². The van der Waals surface area contributed by atoms with Gasteiger partial charge in [0.1, 0.15) is 0 Å². The number of carbonyl (C=O) groups is 1. The molecule has 1 aliphatic rings. The van der Waals surface area contributed by atoms with Gasteiger partial charge in [0.2, 0.25) is 0 Å². The molecule has 98 valence electrons. The minimum absolute atomic E-state index is 0.256. The molecule has 1 saturated heterocycles. The summed E-state index contributed by atoms with van der Waals surface area (Å²) in [6.45, 7) is 7.03. The van der Waals surface area contributed by atoms with Gasteiger partial charge in [-0.1, -0.05) is 6.07 Å². The number of aryl methyl sites for hydroxylation is 3. The van der Waals surface area contributed by atoms with Crippen molar-refractivity contribution in [1.29, 1.82) is 0 Å². The first-order valence-electron chi connectivity index (χ1n) is 6.80. The van der Waals surface area contributed by atoms with Gasteiger partial charge in [-0.15, -0.1) is 0 Å². The monoisotopic (exact) mass is 246 g/mol. The molecule has 1 aliphatic heterocycles. The zero-order chi connectivity index (χ0) is 13.1. The Balaban J connectivity index is 2.01. The Bertz CT molecular complexity index is 443. The van der Waals surface area contributed by atoms with Gasteiger partial charge in [0.05, 0.1) is 6.10 Å². The van der Waals surface area contributed by atoms with Crippen molar-refractivity contribution in [2.75, 3.05) is 6.61 Å². The van der Waals surface area contributed by atoms with Crippen LogP contribution >= 0.6 is 0 Å². The van der Waals surface area contributed by atoms with Crippen molar-refractivity contribution in [3.05, 3.63) is 34.4 Å². The highest BCUT2D eigenvalue weighted by Gasteiger charge is 2.18. The molecule has 1 aromatic carbocycles. The third-order valence-electron chi connectivity index (χ3n) is 3.86. The average molecular weight is 246 g/mol. The van der Waals surface area contributed by atoms with Gasteiger partial charge >= 0.3 is 0 Å². The summed E-state index contributed by atoms with van der Waals surface area (Å²) in [4.78, 5) is 12.2. The van der Waals surface area contributed by atoms with Crippen LogP contribution in [0, 0.1) is 20.8 Å². The van der Waals surface area contributed by atoms with Crippen molar-refractivity contribution < 1.29 is 9.53 Å². The molecule has 0 spiro atoms. The van der Waals surface area contributed by atoms with E-state index in [2.05, 4.69) is 19.9 Å². The summed E-state index contributed by atoms with van der Waals surface area (Å²) >= 11 is 0. The maximum absolute atomic E-state index is 12.2. The average Bonchev–Trinajstić information content (AvgIpc) is 2.84. The normalized spacial score (nSPS) is 19.2. The van der Waals surface area contributed by atoms with Gasteiger partial charge in [-0.05, 0) is 62.8 Å². The molecule has 0 amide bonds. The van der Waals surface area contributed by atoms with E-state index in [-0.39, 0.29) is 5.78 Å². The van der Waals surface area contributed by atoms with Gasteiger partial charge in [-0.2, -0.15) is 0 Å². The number of ether oxygens (including phenoxy) is 1. The molecule has 1 heterocycles. The zero-order valence-electron chi connectivity index (χ0n) is 11.6. The second-order valence-corrected chi connectivity index (χ2v) is 5.35. The summed E-state index contributed by atoms with van der Waals surface area (Å²) < 4.78 is 5.56. The van der Waals surface area contributed by atoms with Gasteiger partial charge in [-0.3, -0.25) is 4.79 Å². The highest BCUT2D eigenvalue weighted by Crippen LogP contribution is 2.21. The summed E-state index contributed by atoms with van der Waals surface area (Å²) in [5.41, 5.74) is 4.43. The zero-order valence-corrected chi connectivity index (χ0v) is 11.6. The summed E-state index contributed by atoms with van der Waals surface area (Å²) in [5.74, 6) is 0.256. The van der Waals surface area contributed by atoms with Crippen molar-refractivity contribution in [1.82, 2.24) is 0 Å². The van der Waals surface area contributed by atoms with E-state index in [0.29, 0.717) is 12.5 Å². The fourth-order valence-electron chi connectivity index (χ4n) is 2.56. The Labute approximate surface area is 109 Å². The lowest BCUT2D eigenvalue weighted by molar-refractivity contribution is 0.0859. The molecule has 0 N–H and O–H groups in total. The molecule has 0 aromatic heterocycles. The lowest BCUT2D eigenvalue weighted by atomic mass is 9.95. The molecule has 1 unspecified atom stereocenters. The van der Waals surface area contributed by atoms with Crippen LogP contribution in [-0.4, -0.2) is 18.5 Å².